The molecule has 8 nitrogen and oxygen atoms in total. The lowest BCUT2D eigenvalue weighted by Gasteiger charge is -2.10. The molecule has 27 heavy (non-hydrogen) atoms. The van der Waals surface area contributed by atoms with Gasteiger partial charge in [-0.1, -0.05) is 30.3 Å². The van der Waals surface area contributed by atoms with E-state index in [9.17, 15) is 14.4 Å². The first-order valence-electron chi connectivity index (χ1n) is 8.01. The Morgan fingerprint density at radius 2 is 1.70 bits per heavy atom. The van der Waals surface area contributed by atoms with Gasteiger partial charge in [0.25, 0.3) is 12.0 Å². The van der Waals surface area contributed by atoms with Crippen LogP contribution in [0.25, 0.3) is 10.9 Å². The molecule has 0 fully saturated rings. The van der Waals surface area contributed by atoms with Crippen molar-refractivity contribution in [3.8, 4) is 5.75 Å². The summed E-state index contributed by atoms with van der Waals surface area (Å²) in [6, 6.07) is 15.6. The van der Waals surface area contributed by atoms with Crippen LogP contribution in [-0.4, -0.2) is 39.1 Å². The highest BCUT2D eigenvalue weighted by molar-refractivity contribution is 5.98. The van der Waals surface area contributed by atoms with Gasteiger partial charge >= 0.3 is 11.9 Å². The molecule has 0 aliphatic rings. The predicted octanol–water partition coefficient (Wildman–Crippen LogP) is 2.01. The highest BCUT2D eigenvalue weighted by Crippen LogP contribution is 2.22. The van der Waals surface area contributed by atoms with Gasteiger partial charge in [0.15, 0.2) is 0 Å². The van der Waals surface area contributed by atoms with Crippen LogP contribution in [0.3, 0.4) is 0 Å². The molecule has 3 aromatic rings. The summed E-state index contributed by atoms with van der Waals surface area (Å²) in [7, 11) is 0. The van der Waals surface area contributed by atoms with Crippen molar-refractivity contribution in [1.29, 1.82) is 0 Å². The van der Waals surface area contributed by atoms with Gasteiger partial charge < -0.3 is 25.3 Å². The van der Waals surface area contributed by atoms with Crippen LogP contribution in [0.15, 0.2) is 54.6 Å². The first-order chi connectivity index (χ1) is 12.9. The van der Waals surface area contributed by atoms with Crippen LogP contribution in [0.1, 0.15) is 16.1 Å². The van der Waals surface area contributed by atoms with Gasteiger partial charge in [-0.2, -0.15) is 0 Å². The Morgan fingerprint density at radius 1 is 1.00 bits per heavy atom. The number of H-pyrrole nitrogens is 1. The molecule has 0 unspecified atom stereocenters. The number of aromatic amines is 1. The average molecular weight is 368 g/mol. The third kappa shape index (κ3) is 4.24. The molecule has 0 spiro atoms. The molecule has 0 saturated heterocycles. The lowest BCUT2D eigenvalue weighted by molar-refractivity contribution is -0.159. The summed E-state index contributed by atoms with van der Waals surface area (Å²) in [6.45, 7) is 0.377. The Balaban J connectivity index is 1.74. The number of aromatic nitrogens is 1. The van der Waals surface area contributed by atoms with Crippen molar-refractivity contribution in [2.45, 2.75) is 12.6 Å². The Hall–Kier alpha value is -3.81. The van der Waals surface area contributed by atoms with Crippen molar-refractivity contribution in [2.75, 3.05) is 0 Å². The number of aliphatic carboxylic acids is 2. The average Bonchev–Trinajstić information content (AvgIpc) is 3.08. The maximum absolute atomic E-state index is 12.3. The standard InChI is InChI=1S/C19H16N2O6/c22-17(20-10-11-4-2-1-3-5-11)15-8-12-6-7-13(9-14(12)21-15)27-16(18(23)24)19(25)26/h1-9,16,21H,10H2,(H,20,22)(H,23,24)(H,25,26). The Bertz CT molecular complexity index is 982. The number of amides is 1. The second-order valence-corrected chi connectivity index (χ2v) is 5.77. The molecule has 0 bridgehead atoms. The Morgan fingerprint density at radius 3 is 2.37 bits per heavy atom. The predicted molar refractivity (Wildman–Crippen MR) is 95.6 cm³/mol. The number of hydrogen-bond donors (Lipinski definition) is 4. The number of carboxylic acids is 2. The largest absolute Gasteiger partial charge is 0.478 e. The number of ether oxygens (including phenoxy) is 1. The zero-order valence-electron chi connectivity index (χ0n) is 14.0. The van der Waals surface area contributed by atoms with E-state index < -0.39 is 18.0 Å². The summed E-state index contributed by atoms with van der Waals surface area (Å²) in [5.41, 5.74) is 1.81. The van der Waals surface area contributed by atoms with E-state index in [0.717, 1.165) is 5.56 Å². The summed E-state index contributed by atoms with van der Waals surface area (Å²) in [6.07, 6.45) is -2.01. The van der Waals surface area contributed by atoms with E-state index in [1.54, 1.807) is 12.1 Å². The molecule has 1 amide bonds. The van der Waals surface area contributed by atoms with Gasteiger partial charge in [0, 0.05) is 23.5 Å². The molecule has 2 aromatic carbocycles. The molecule has 0 radical (unpaired) electrons. The topological polar surface area (TPSA) is 129 Å². The summed E-state index contributed by atoms with van der Waals surface area (Å²) in [5.74, 6) is -3.44. The minimum Gasteiger partial charge on any atom is -0.478 e. The van der Waals surface area contributed by atoms with Crippen molar-refractivity contribution in [2.24, 2.45) is 0 Å². The molecular weight excluding hydrogens is 352 g/mol. The van der Waals surface area contributed by atoms with E-state index in [2.05, 4.69) is 10.3 Å². The van der Waals surface area contributed by atoms with Crippen molar-refractivity contribution in [1.82, 2.24) is 10.3 Å². The maximum Gasteiger partial charge on any atom is 0.356 e. The van der Waals surface area contributed by atoms with E-state index in [4.69, 9.17) is 14.9 Å². The first kappa shape index (κ1) is 18.0. The van der Waals surface area contributed by atoms with Crippen LogP contribution in [0.2, 0.25) is 0 Å². The fraction of sp³-hybridized carbons (Fsp3) is 0.105. The minimum absolute atomic E-state index is 0.0652. The van der Waals surface area contributed by atoms with Crippen LogP contribution in [0.4, 0.5) is 0 Å². The summed E-state index contributed by atoms with van der Waals surface area (Å²) >= 11 is 0. The highest BCUT2D eigenvalue weighted by Gasteiger charge is 2.28. The molecule has 0 saturated carbocycles. The van der Waals surface area contributed by atoms with Crippen LogP contribution >= 0.6 is 0 Å². The smallest absolute Gasteiger partial charge is 0.356 e. The fourth-order valence-electron chi connectivity index (χ4n) is 2.52. The second kappa shape index (κ2) is 7.61. The quantitative estimate of drug-likeness (QED) is 0.472. The monoisotopic (exact) mass is 368 g/mol. The lowest BCUT2D eigenvalue weighted by atomic mass is 10.2. The van der Waals surface area contributed by atoms with Gasteiger partial charge in [0.2, 0.25) is 0 Å². The minimum atomic E-state index is -2.01. The lowest BCUT2D eigenvalue weighted by Crippen LogP contribution is -2.35. The van der Waals surface area contributed by atoms with Gasteiger partial charge in [-0.25, -0.2) is 9.59 Å². The third-order valence-corrected chi connectivity index (χ3v) is 3.84. The van der Waals surface area contributed by atoms with E-state index in [1.165, 1.54) is 12.1 Å². The van der Waals surface area contributed by atoms with Crippen LogP contribution in [0, 0.1) is 0 Å². The molecule has 1 heterocycles. The molecule has 8 heteroatoms. The number of benzene rings is 2. The Kier molecular flexibility index (Phi) is 5.07. The maximum atomic E-state index is 12.3. The number of carbonyl (C=O) groups excluding carboxylic acids is 1. The van der Waals surface area contributed by atoms with E-state index >= 15 is 0 Å². The van der Waals surface area contributed by atoms with Crippen LogP contribution in [-0.2, 0) is 16.1 Å². The van der Waals surface area contributed by atoms with Crippen LogP contribution < -0.4 is 10.1 Å². The van der Waals surface area contributed by atoms with Gasteiger partial charge in [0.05, 0.1) is 0 Å². The molecule has 138 valence electrons. The molecule has 0 aliphatic carbocycles. The van der Waals surface area contributed by atoms with Gasteiger partial charge in [-0.05, 0) is 23.8 Å². The number of nitrogens with one attached hydrogen (secondary N) is 2. The molecule has 0 aliphatic heterocycles. The highest BCUT2D eigenvalue weighted by atomic mass is 16.5. The van der Waals surface area contributed by atoms with Crippen molar-refractivity contribution < 1.29 is 29.3 Å². The van der Waals surface area contributed by atoms with Gasteiger partial charge in [-0.15, -0.1) is 0 Å². The van der Waals surface area contributed by atoms with E-state index in [0.29, 0.717) is 23.1 Å². The van der Waals surface area contributed by atoms with E-state index in [1.807, 2.05) is 30.3 Å². The first-order valence-corrected chi connectivity index (χ1v) is 8.01. The summed E-state index contributed by atoms with van der Waals surface area (Å²) in [4.78, 5) is 37.1. The normalized spacial score (nSPS) is 10.7. The summed E-state index contributed by atoms with van der Waals surface area (Å²) < 4.78 is 5.00. The van der Waals surface area contributed by atoms with Gasteiger partial charge in [0.1, 0.15) is 11.4 Å². The number of carboxylic acid groups (broad SMARTS) is 2. The number of carbonyl (C=O) groups is 3. The van der Waals surface area contributed by atoms with Crippen molar-refractivity contribution in [3.63, 3.8) is 0 Å². The van der Waals surface area contributed by atoms with E-state index in [-0.39, 0.29) is 11.7 Å². The molecule has 1 aromatic heterocycles. The zero-order chi connectivity index (χ0) is 19.4. The second-order valence-electron chi connectivity index (χ2n) is 5.77. The zero-order valence-corrected chi connectivity index (χ0v) is 14.0. The Labute approximate surface area is 153 Å². The number of fused-ring (bicyclic) bond motifs is 1. The molecule has 0 atom stereocenters. The number of rotatable bonds is 7. The number of hydrogen-bond acceptors (Lipinski definition) is 4. The van der Waals surface area contributed by atoms with Crippen molar-refractivity contribution >= 4 is 28.7 Å². The van der Waals surface area contributed by atoms with Gasteiger partial charge in [-0.3, -0.25) is 4.79 Å². The molecule has 4 N–H and O–H groups in total. The van der Waals surface area contributed by atoms with Crippen molar-refractivity contribution in [3.05, 3.63) is 65.9 Å². The summed E-state index contributed by atoms with van der Waals surface area (Å²) in [5, 5.41) is 21.3. The molecular formula is C19H16N2O6. The molecule has 3 rings (SSSR count). The van der Waals surface area contributed by atoms with Crippen LogP contribution in [0.5, 0.6) is 5.75 Å². The fourth-order valence-corrected chi connectivity index (χ4v) is 2.52. The SMILES string of the molecule is O=C(NCc1ccccc1)c1cc2ccc(OC(C(=O)O)C(=O)O)cc2[nH]1. The third-order valence-electron chi connectivity index (χ3n) is 3.84.